The molecule has 0 spiro atoms. The first-order valence-electron chi connectivity index (χ1n) is 10.5. The summed E-state index contributed by atoms with van der Waals surface area (Å²) in [6.45, 7) is 2.72. The van der Waals surface area contributed by atoms with Crippen LogP contribution in [-0.2, 0) is 19.5 Å². The SMILES string of the molecule is Cc1ccccc1OCn1ccc(C(=O)NCCCn2nc(C(F)(F)F)cc2C2CC2)n1. The zero-order valence-corrected chi connectivity index (χ0v) is 17.6. The van der Waals surface area contributed by atoms with Crippen LogP contribution in [0, 0.1) is 6.92 Å². The van der Waals surface area contributed by atoms with Crippen LogP contribution in [0.1, 0.15) is 52.6 Å². The van der Waals surface area contributed by atoms with Crippen molar-refractivity contribution in [1.29, 1.82) is 0 Å². The summed E-state index contributed by atoms with van der Waals surface area (Å²) in [7, 11) is 0. The molecule has 10 heteroatoms. The molecule has 0 aliphatic heterocycles. The van der Waals surface area contributed by atoms with Gasteiger partial charge in [0.1, 0.15) is 11.4 Å². The molecular weight excluding hydrogens is 423 g/mol. The van der Waals surface area contributed by atoms with Crippen molar-refractivity contribution in [2.45, 2.75) is 51.6 Å². The van der Waals surface area contributed by atoms with Gasteiger partial charge in [0.05, 0.1) is 0 Å². The van der Waals surface area contributed by atoms with Crippen LogP contribution in [-0.4, -0.2) is 32.0 Å². The maximum absolute atomic E-state index is 13.0. The van der Waals surface area contributed by atoms with E-state index in [-0.39, 0.29) is 24.2 Å². The Labute approximate surface area is 183 Å². The maximum atomic E-state index is 13.0. The number of halogens is 3. The summed E-state index contributed by atoms with van der Waals surface area (Å²) in [5.41, 5.74) is 1.01. The fraction of sp³-hybridized carbons (Fsp3) is 0.409. The predicted octanol–water partition coefficient (Wildman–Crippen LogP) is 4.14. The summed E-state index contributed by atoms with van der Waals surface area (Å²) in [6, 6.07) is 10.3. The second-order valence-corrected chi connectivity index (χ2v) is 7.84. The standard InChI is InChI=1S/C22H24F3N5O2/c1-15-5-2-3-6-19(15)32-14-29-12-9-17(27-29)21(31)26-10-4-11-30-18(16-7-8-16)13-20(28-30)22(23,24)25/h2-3,5-6,9,12-13,16H,4,7-8,10-11,14H2,1H3,(H,26,31). The molecule has 170 valence electrons. The number of aromatic nitrogens is 4. The number of nitrogens with one attached hydrogen (secondary N) is 1. The first-order valence-corrected chi connectivity index (χ1v) is 10.5. The number of hydrogen-bond donors (Lipinski definition) is 1. The van der Waals surface area contributed by atoms with Gasteiger partial charge < -0.3 is 10.1 Å². The Morgan fingerprint density at radius 3 is 2.72 bits per heavy atom. The lowest BCUT2D eigenvalue weighted by Crippen LogP contribution is -2.26. The first kappa shape index (κ1) is 21.9. The van der Waals surface area contributed by atoms with E-state index >= 15 is 0 Å². The van der Waals surface area contributed by atoms with E-state index in [1.54, 1.807) is 12.3 Å². The van der Waals surface area contributed by atoms with E-state index in [0.717, 1.165) is 30.2 Å². The van der Waals surface area contributed by atoms with Gasteiger partial charge in [-0.05, 0) is 49.9 Å². The molecule has 0 bridgehead atoms. The monoisotopic (exact) mass is 447 g/mol. The number of amides is 1. The highest BCUT2D eigenvalue weighted by atomic mass is 19.4. The highest BCUT2D eigenvalue weighted by Gasteiger charge is 2.37. The van der Waals surface area contributed by atoms with Gasteiger partial charge in [-0.1, -0.05) is 18.2 Å². The number of rotatable bonds is 9. The normalized spacial score (nSPS) is 13.9. The van der Waals surface area contributed by atoms with Gasteiger partial charge in [0.25, 0.3) is 5.91 Å². The van der Waals surface area contributed by atoms with Crippen LogP contribution in [0.4, 0.5) is 13.2 Å². The van der Waals surface area contributed by atoms with E-state index in [9.17, 15) is 18.0 Å². The number of carbonyl (C=O) groups excluding carboxylic acids is 1. The zero-order valence-electron chi connectivity index (χ0n) is 17.6. The van der Waals surface area contributed by atoms with Crippen molar-refractivity contribution in [3.05, 3.63) is 65.2 Å². The highest BCUT2D eigenvalue weighted by Crippen LogP contribution is 2.42. The number of carbonyl (C=O) groups is 1. The molecule has 1 saturated carbocycles. The van der Waals surface area contributed by atoms with Crippen molar-refractivity contribution in [2.75, 3.05) is 6.54 Å². The molecule has 2 heterocycles. The Bertz CT molecular complexity index is 1090. The molecule has 0 radical (unpaired) electrons. The van der Waals surface area contributed by atoms with Crippen LogP contribution < -0.4 is 10.1 Å². The second-order valence-electron chi connectivity index (χ2n) is 7.84. The molecule has 1 fully saturated rings. The molecule has 1 amide bonds. The van der Waals surface area contributed by atoms with Crippen molar-refractivity contribution in [1.82, 2.24) is 24.9 Å². The molecule has 1 aromatic carbocycles. The van der Waals surface area contributed by atoms with E-state index < -0.39 is 11.9 Å². The lowest BCUT2D eigenvalue weighted by molar-refractivity contribution is -0.141. The minimum absolute atomic E-state index is 0.152. The summed E-state index contributed by atoms with van der Waals surface area (Å²) in [5.74, 6) is 0.546. The second kappa shape index (κ2) is 9.05. The minimum Gasteiger partial charge on any atom is -0.471 e. The van der Waals surface area contributed by atoms with Crippen molar-refractivity contribution in [3.8, 4) is 5.75 Å². The lowest BCUT2D eigenvalue weighted by Gasteiger charge is -2.09. The van der Waals surface area contributed by atoms with Crippen LogP contribution in [0.5, 0.6) is 5.75 Å². The predicted molar refractivity (Wildman–Crippen MR) is 110 cm³/mol. The molecule has 0 atom stereocenters. The van der Waals surface area contributed by atoms with Gasteiger partial charge in [-0.15, -0.1) is 0 Å². The van der Waals surface area contributed by atoms with E-state index in [1.165, 1.54) is 9.36 Å². The molecule has 7 nitrogen and oxygen atoms in total. The number of alkyl halides is 3. The Morgan fingerprint density at radius 1 is 1.22 bits per heavy atom. The van der Waals surface area contributed by atoms with Crippen molar-refractivity contribution in [3.63, 3.8) is 0 Å². The largest absolute Gasteiger partial charge is 0.471 e. The molecule has 0 saturated heterocycles. The molecule has 4 rings (SSSR count). The van der Waals surface area contributed by atoms with Gasteiger partial charge in [0.2, 0.25) is 0 Å². The average molecular weight is 447 g/mol. The number of para-hydroxylation sites is 1. The van der Waals surface area contributed by atoms with Gasteiger partial charge in [-0.25, -0.2) is 4.68 Å². The Kier molecular flexibility index (Phi) is 6.20. The first-order chi connectivity index (χ1) is 15.3. The third kappa shape index (κ3) is 5.30. The number of aryl methyl sites for hydroxylation is 2. The highest BCUT2D eigenvalue weighted by molar-refractivity contribution is 5.92. The van der Waals surface area contributed by atoms with Gasteiger partial charge >= 0.3 is 6.18 Å². The van der Waals surface area contributed by atoms with Crippen LogP contribution in [0.25, 0.3) is 0 Å². The van der Waals surface area contributed by atoms with Crippen molar-refractivity contribution in [2.24, 2.45) is 0 Å². The molecule has 2 aromatic heterocycles. The van der Waals surface area contributed by atoms with Gasteiger partial charge in [-0.3, -0.25) is 9.48 Å². The van der Waals surface area contributed by atoms with Crippen molar-refractivity contribution < 1.29 is 22.7 Å². The zero-order chi connectivity index (χ0) is 22.7. The summed E-state index contributed by atoms with van der Waals surface area (Å²) in [4.78, 5) is 12.3. The Hall–Kier alpha value is -3.30. The van der Waals surface area contributed by atoms with Crippen LogP contribution in [0.15, 0.2) is 42.6 Å². The van der Waals surface area contributed by atoms with Crippen LogP contribution >= 0.6 is 0 Å². The topological polar surface area (TPSA) is 74.0 Å². The number of ether oxygens (including phenoxy) is 1. The Balaban J connectivity index is 1.25. The molecular formula is C22H24F3N5O2. The summed E-state index contributed by atoms with van der Waals surface area (Å²) in [5, 5.41) is 10.7. The minimum atomic E-state index is -4.45. The quantitative estimate of drug-likeness (QED) is 0.501. The summed E-state index contributed by atoms with van der Waals surface area (Å²) in [6.07, 6.45) is -0.574. The third-order valence-electron chi connectivity index (χ3n) is 5.25. The third-order valence-corrected chi connectivity index (χ3v) is 5.25. The van der Waals surface area contributed by atoms with E-state index in [2.05, 4.69) is 15.5 Å². The van der Waals surface area contributed by atoms with E-state index in [1.807, 2.05) is 31.2 Å². The fourth-order valence-corrected chi connectivity index (χ4v) is 3.39. The number of benzene rings is 1. The molecule has 1 aliphatic rings. The Morgan fingerprint density at radius 2 is 2.00 bits per heavy atom. The van der Waals surface area contributed by atoms with Crippen molar-refractivity contribution >= 4 is 5.91 Å². The molecule has 1 N–H and O–H groups in total. The summed E-state index contributed by atoms with van der Waals surface area (Å²) < 4.78 is 47.6. The maximum Gasteiger partial charge on any atom is 0.435 e. The van der Waals surface area contributed by atoms with Crippen LogP contribution in [0.3, 0.4) is 0 Å². The molecule has 0 unspecified atom stereocenters. The average Bonchev–Trinajstić information content (AvgIpc) is 3.31. The summed E-state index contributed by atoms with van der Waals surface area (Å²) >= 11 is 0. The van der Waals surface area contributed by atoms with E-state index in [4.69, 9.17) is 4.74 Å². The van der Waals surface area contributed by atoms with Crippen LogP contribution in [0.2, 0.25) is 0 Å². The fourth-order valence-electron chi connectivity index (χ4n) is 3.39. The number of nitrogens with zero attached hydrogens (tertiary/aromatic N) is 4. The lowest BCUT2D eigenvalue weighted by atomic mass is 10.2. The molecule has 32 heavy (non-hydrogen) atoms. The smallest absolute Gasteiger partial charge is 0.435 e. The van der Waals surface area contributed by atoms with Gasteiger partial charge in [-0.2, -0.15) is 23.4 Å². The van der Waals surface area contributed by atoms with Gasteiger partial charge in [0.15, 0.2) is 12.4 Å². The van der Waals surface area contributed by atoms with E-state index in [0.29, 0.717) is 25.2 Å². The number of hydrogen-bond acceptors (Lipinski definition) is 4. The molecule has 1 aliphatic carbocycles. The van der Waals surface area contributed by atoms with Gasteiger partial charge in [0, 0.05) is 30.9 Å². The molecule has 3 aromatic rings.